The largest absolute Gasteiger partial charge is 0.461 e. The first-order chi connectivity index (χ1) is 9.13. The number of carbonyl (C=O) groups is 1. The van der Waals surface area contributed by atoms with Crippen LogP contribution in [0.15, 0.2) is 36.7 Å². The van der Waals surface area contributed by atoms with Crippen molar-refractivity contribution in [3.63, 3.8) is 0 Å². The quantitative estimate of drug-likeness (QED) is 0.655. The smallest absolute Gasteiger partial charge is 0.306 e. The standard InChI is InChI=1S/C14H17N3O2/c1-17-9-12(8-16-17)10-19-14(18)7-4-11-2-5-13(15)6-3-11/h2-3,5-6,8-9H,4,7,10,15H2,1H3. The van der Waals surface area contributed by atoms with Gasteiger partial charge in [0, 0.05) is 30.9 Å². The van der Waals surface area contributed by atoms with Crippen molar-refractivity contribution in [3.05, 3.63) is 47.8 Å². The number of nitrogen functional groups attached to an aromatic ring is 1. The molecule has 1 heterocycles. The molecule has 5 nitrogen and oxygen atoms in total. The first-order valence-electron chi connectivity index (χ1n) is 6.11. The fourth-order valence-electron chi connectivity index (χ4n) is 1.71. The van der Waals surface area contributed by atoms with Crippen LogP contribution >= 0.6 is 0 Å². The third kappa shape index (κ3) is 4.13. The van der Waals surface area contributed by atoms with Crippen LogP contribution < -0.4 is 5.73 Å². The molecule has 0 bridgehead atoms. The molecule has 1 aromatic carbocycles. The van der Waals surface area contributed by atoms with E-state index < -0.39 is 0 Å². The summed E-state index contributed by atoms with van der Waals surface area (Å²) in [7, 11) is 1.83. The SMILES string of the molecule is Cn1cc(COC(=O)CCc2ccc(N)cc2)cn1. The van der Waals surface area contributed by atoms with Gasteiger partial charge in [-0.2, -0.15) is 5.10 Å². The van der Waals surface area contributed by atoms with Gasteiger partial charge in [-0.15, -0.1) is 0 Å². The Balaban J connectivity index is 1.74. The number of aromatic nitrogens is 2. The molecule has 100 valence electrons. The van der Waals surface area contributed by atoms with Crippen molar-refractivity contribution in [1.29, 1.82) is 0 Å². The highest BCUT2D eigenvalue weighted by molar-refractivity contribution is 5.69. The minimum atomic E-state index is -0.208. The van der Waals surface area contributed by atoms with Crippen molar-refractivity contribution in [1.82, 2.24) is 9.78 Å². The Hall–Kier alpha value is -2.30. The molecule has 1 aromatic heterocycles. The number of anilines is 1. The highest BCUT2D eigenvalue weighted by Gasteiger charge is 2.05. The van der Waals surface area contributed by atoms with Crippen LogP contribution in [-0.4, -0.2) is 15.7 Å². The van der Waals surface area contributed by atoms with Gasteiger partial charge in [-0.05, 0) is 24.1 Å². The predicted molar refractivity (Wildman–Crippen MR) is 72.2 cm³/mol. The third-order valence-corrected chi connectivity index (χ3v) is 2.76. The monoisotopic (exact) mass is 259 g/mol. The van der Waals surface area contributed by atoms with Gasteiger partial charge in [0.25, 0.3) is 0 Å². The fraction of sp³-hybridized carbons (Fsp3) is 0.286. The van der Waals surface area contributed by atoms with Crippen molar-refractivity contribution in [2.24, 2.45) is 7.05 Å². The van der Waals surface area contributed by atoms with Crippen LogP contribution in [0.4, 0.5) is 5.69 Å². The van der Waals surface area contributed by atoms with E-state index >= 15 is 0 Å². The summed E-state index contributed by atoms with van der Waals surface area (Å²) in [6.45, 7) is 0.272. The minimum Gasteiger partial charge on any atom is -0.461 e. The third-order valence-electron chi connectivity index (χ3n) is 2.76. The van der Waals surface area contributed by atoms with Crippen molar-refractivity contribution >= 4 is 11.7 Å². The van der Waals surface area contributed by atoms with E-state index in [1.165, 1.54) is 0 Å². The molecule has 0 fully saturated rings. The number of aryl methyl sites for hydroxylation is 2. The number of esters is 1. The highest BCUT2D eigenvalue weighted by Crippen LogP contribution is 2.08. The second-order valence-corrected chi connectivity index (χ2v) is 4.42. The normalized spacial score (nSPS) is 10.4. The molecule has 0 aliphatic heterocycles. The molecular formula is C14H17N3O2. The topological polar surface area (TPSA) is 70.1 Å². The molecule has 0 aliphatic rings. The van der Waals surface area contributed by atoms with Crippen LogP contribution in [0.5, 0.6) is 0 Å². The average molecular weight is 259 g/mol. The molecule has 5 heteroatoms. The summed E-state index contributed by atoms with van der Waals surface area (Å²) < 4.78 is 6.85. The Morgan fingerprint density at radius 1 is 1.32 bits per heavy atom. The van der Waals surface area contributed by atoms with Crippen LogP contribution in [0, 0.1) is 0 Å². The van der Waals surface area contributed by atoms with E-state index in [9.17, 15) is 4.79 Å². The van der Waals surface area contributed by atoms with Gasteiger partial charge in [-0.3, -0.25) is 9.48 Å². The summed E-state index contributed by atoms with van der Waals surface area (Å²) in [5.74, 6) is -0.208. The molecule has 2 rings (SSSR count). The number of benzene rings is 1. The highest BCUT2D eigenvalue weighted by atomic mass is 16.5. The second-order valence-electron chi connectivity index (χ2n) is 4.42. The van der Waals surface area contributed by atoms with Gasteiger partial charge in [0.05, 0.1) is 6.20 Å². The zero-order valence-electron chi connectivity index (χ0n) is 10.9. The Morgan fingerprint density at radius 2 is 2.05 bits per heavy atom. The van der Waals surface area contributed by atoms with Crippen LogP contribution in [0.3, 0.4) is 0 Å². The zero-order valence-corrected chi connectivity index (χ0v) is 10.9. The predicted octanol–water partition coefficient (Wildman–Crippen LogP) is 1.68. The van der Waals surface area contributed by atoms with Gasteiger partial charge in [0.2, 0.25) is 0 Å². The number of hydrogen-bond donors (Lipinski definition) is 1. The average Bonchev–Trinajstić information content (AvgIpc) is 2.81. The second kappa shape index (κ2) is 6.04. The van der Waals surface area contributed by atoms with E-state index in [0.29, 0.717) is 12.8 Å². The summed E-state index contributed by atoms with van der Waals surface area (Å²) in [4.78, 5) is 11.6. The van der Waals surface area contributed by atoms with Crippen LogP contribution in [0.2, 0.25) is 0 Å². The maximum absolute atomic E-state index is 11.6. The summed E-state index contributed by atoms with van der Waals surface area (Å²) in [5, 5.41) is 4.01. The molecule has 0 saturated carbocycles. The van der Waals surface area contributed by atoms with Gasteiger partial charge < -0.3 is 10.5 Å². The van der Waals surface area contributed by atoms with Crippen LogP contribution in [-0.2, 0) is 29.6 Å². The molecule has 0 aliphatic carbocycles. The van der Waals surface area contributed by atoms with E-state index in [0.717, 1.165) is 16.8 Å². The lowest BCUT2D eigenvalue weighted by molar-refractivity contribution is -0.144. The van der Waals surface area contributed by atoms with E-state index in [-0.39, 0.29) is 12.6 Å². The summed E-state index contributed by atoms with van der Waals surface area (Å²) >= 11 is 0. The number of hydrogen-bond acceptors (Lipinski definition) is 4. The lowest BCUT2D eigenvalue weighted by atomic mass is 10.1. The van der Waals surface area contributed by atoms with Crippen molar-refractivity contribution < 1.29 is 9.53 Å². The molecule has 0 radical (unpaired) electrons. The van der Waals surface area contributed by atoms with Gasteiger partial charge in [-0.25, -0.2) is 0 Å². The van der Waals surface area contributed by atoms with E-state index in [1.807, 2.05) is 37.5 Å². The number of nitrogens with zero attached hydrogens (tertiary/aromatic N) is 2. The number of nitrogens with two attached hydrogens (primary N) is 1. The van der Waals surface area contributed by atoms with Crippen molar-refractivity contribution in [2.45, 2.75) is 19.4 Å². The minimum absolute atomic E-state index is 0.208. The first-order valence-corrected chi connectivity index (χ1v) is 6.11. The van der Waals surface area contributed by atoms with Gasteiger partial charge >= 0.3 is 5.97 Å². The maximum atomic E-state index is 11.6. The van der Waals surface area contributed by atoms with E-state index in [2.05, 4.69) is 5.10 Å². The number of rotatable bonds is 5. The Bertz CT molecular complexity index is 546. The van der Waals surface area contributed by atoms with Crippen LogP contribution in [0.25, 0.3) is 0 Å². The molecule has 0 amide bonds. The van der Waals surface area contributed by atoms with Crippen molar-refractivity contribution in [3.8, 4) is 0 Å². The lowest BCUT2D eigenvalue weighted by Gasteiger charge is -2.04. The van der Waals surface area contributed by atoms with Gasteiger partial charge in [0.1, 0.15) is 6.61 Å². The molecule has 19 heavy (non-hydrogen) atoms. The Labute approximate surface area is 112 Å². The van der Waals surface area contributed by atoms with E-state index in [1.54, 1.807) is 10.9 Å². The maximum Gasteiger partial charge on any atom is 0.306 e. The molecule has 0 unspecified atom stereocenters. The van der Waals surface area contributed by atoms with Crippen LogP contribution in [0.1, 0.15) is 17.5 Å². The van der Waals surface area contributed by atoms with Gasteiger partial charge in [0.15, 0.2) is 0 Å². The molecular weight excluding hydrogens is 242 g/mol. The Kier molecular flexibility index (Phi) is 4.18. The molecule has 2 N–H and O–H groups in total. The first kappa shape index (κ1) is 13.1. The van der Waals surface area contributed by atoms with E-state index in [4.69, 9.17) is 10.5 Å². The van der Waals surface area contributed by atoms with Crippen molar-refractivity contribution in [2.75, 3.05) is 5.73 Å². The molecule has 2 aromatic rings. The number of carbonyl (C=O) groups excluding carboxylic acids is 1. The summed E-state index contributed by atoms with van der Waals surface area (Å²) in [6, 6.07) is 7.50. The summed E-state index contributed by atoms with van der Waals surface area (Å²) in [5.41, 5.74) is 8.29. The Morgan fingerprint density at radius 3 is 2.68 bits per heavy atom. The fourth-order valence-corrected chi connectivity index (χ4v) is 1.71. The van der Waals surface area contributed by atoms with Gasteiger partial charge in [-0.1, -0.05) is 12.1 Å². The molecule has 0 atom stereocenters. The summed E-state index contributed by atoms with van der Waals surface area (Å²) in [6.07, 6.45) is 4.54. The molecule has 0 saturated heterocycles. The number of ether oxygens (including phenoxy) is 1. The zero-order chi connectivity index (χ0) is 13.7. The lowest BCUT2D eigenvalue weighted by Crippen LogP contribution is -2.05. The molecule has 0 spiro atoms.